The average molecular weight is 814 g/mol. The van der Waals surface area contributed by atoms with E-state index in [0.717, 1.165) is 13.8 Å². The quantitative estimate of drug-likeness (QED) is 0.122. The summed E-state index contributed by atoms with van der Waals surface area (Å²) in [5.74, 6) is -39.8. The zero-order valence-electron chi connectivity index (χ0n) is 23.8. The molecule has 50 heavy (non-hydrogen) atoms. The Hall–Kier alpha value is -2.36. The number of alkyl halides is 18. The highest BCUT2D eigenvalue weighted by atomic mass is 32.2. The molecule has 290 valence electrons. The molecule has 2 unspecified atom stereocenters. The van der Waals surface area contributed by atoms with Gasteiger partial charge in [-0.15, -0.1) is 0 Å². The van der Waals surface area contributed by atoms with Gasteiger partial charge in [-0.2, -0.15) is 95.9 Å². The molecule has 6 fully saturated rings. The largest absolute Gasteiger partial charge is 0.460 e. The Labute approximate surface area is 266 Å². The van der Waals surface area contributed by atoms with Crippen LogP contribution in [0.15, 0.2) is 24.7 Å². The van der Waals surface area contributed by atoms with Gasteiger partial charge < -0.3 is 17.8 Å². The molecule has 6 rings (SSSR count). The van der Waals surface area contributed by atoms with Crippen LogP contribution in [0, 0.1) is 22.7 Å². The highest BCUT2D eigenvalue weighted by molar-refractivity contribution is 7.88. The van der Waals surface area contributed by atoms with Gasteiger partial charge in [0.2, 0.25) is 0 Å². The molecule has 8 nitrogen and oxygen atoms in total. The molecule has 28 heteroatoms. The van der Waals surface area contributed by atoms with Gasteiger partial charge in [-0.05, 0) is 20.3 Å². The molecule has 0 N–H and O–H groups in total. The molecule has 4 atom stereocenters. The lowest BCUT2D eigenvalue weighted by atomic mass is 9.26. The van der Waals surface area contributed by atoms with Crippen molar-refractivity contribution in [2.24, 2.45) is 22.7 Å². The smallest absolute Gasteiger partial charge is 0.383 e. The van der Waals surface area contributed by atoms with Crippen LogP contribution in [0.2, 0.25) is 0 Å². The fourth-order valence-corrected chi connectivity index (χ4v) is 8.76. The maximum absolute atomic E-state index is 14.3. The third-order valence-corrected chi connectivity index (χ3v) is 11.6. The fraction of sp³-hybridized carbons (Fsp3) is 0.818. The zero-order chi connectivity index (χ0) is 39.5. The van der Waals surface area contributed by atoms with Gasteiger partial charge >= 0.3 is 66.8 Å². The number of halogens is 18. The van der Waals surface area contributed by atoms with Crippen LogP contribution in [0.25, 0.3) is 0 Å². The molecule has 0 aromatic carbocycles. The van der Waals surface area contributed by atoms with Crippen molar-refractivity contribution >= 4 is 20.2 Å². The van der Waals surface area contributed by atoms with Crippen LogP contribution in [-0.2, 0) is 38.1 Å². The Morgan fingerprint density at radius 1 is 0.560 bits per heavy atom. The summed E-state index contributed by atoms with van der Waals surface area (Å²) in [6, 6.07) is 0. The summed E-state index contributed by atoms with van der Waals surface area (Å²) >= 11 is 0. The Morgan fingerprint density at radius 2 is 0.820 bits per heavy atom. The number of ether oxygens (including phenoxy) is 2. The van der Waals surface area contributed by atoms with E-state index in [9.17, 15) is 95.9 Å². The third-order valence-electron chi connectivity index (χ3n) is 8.94. The van der Waals surface area contributed by atoms with E-state index in [-0.39, 0.29) is 0 Å². The van der Waals surface area contributed by atoms with Crippen LogP contribution >= 0.6 is 0 Å². The van der Waals surface area contributed by atoms with Crippen molar-refractivity contribution in [3.05, 3.63) is 24.7 Å². The molecule has 1 heterocycles. The van der Waals surface area contributed by atoms with E-state index in [1.165, 1.54) is 0 Å². The highest BCUT2D eigenvalue weighted by Gasteiger charge is 2.97. The molecular formula is C22H16F18O8S2. The summed E-state index contributed by atoms with van der Waals surface area (Å²) in [5.41, 5.74) is -4.77. The van der Waals surface area contributed by atoms with E-state index in [0.29, 0.717) is 0 Å². The number of rotatable bonds is 12. The van der Waals surface area contributed by atoms with Crippen molar-refractivity contribution in [1.29, 1.82) is 0 Å². The molecule has 5 saturated carbocycles. The zero-order valence-corrected chi connectivity index (χ0v) is 25.4. The molecule has 5 aliphatic carbocycles. The SMILES string of the molecule is C=C(OS(=O)(=O)C(F)(F)C(F)(F)C(F)(F)C(F)(F)F)C12CC3(C(=C)OS(=O)(=O)C(F)(F)C(F)(F)C(F)(F)C(F)(F)F)C1[C@H]1OC(C)(C)O[C@H]1C23. The van der Waals surface area contributed by atoms with Crippen LogP contribution in [-0.4, -0.2) is 81.4 Å². The van der Waals surface area contributed by atoms with Crippen molar-refractivity contribution in [3.63, 3.8) is 0 Å². The first-order valence-electron chi connectivity index (χ1n) is 12.7. The van der Waals surface area contributed by atoms with Gasteiger partial charge in [-0.3, -0.25) is 0 Å². The van der Waals surface area contributed by atoms with Crippen LogP contribution in [0.5, 0.6) is 0 Å². The molecule has 1 aliphatic heterocycles. The lowest BCUT2D eigenvalue weighted by Crippen LogP contribution is -2.77. The standard InChI is InChI=1S/C22H16F18O8S2/c1-6(47-49(41,42)21(37,38)17(27,28)15(23,24)19(31,32)33)13-5-14(10(13)8-9(11(13)14)46-12(3,4)45-8)7(2)48-50(43,44)22(39,40)18(29,30)16(25,26)20(34,35)36/h8-11H,1-2,5H2,3-4H3/t8-,9+,10?,11?,13?,14?. The lowest BCUT2D eigenvalue weighted by Gasteiger charge is -2.76. The van der Waals surface area contributed by atoms with Gasteiger partial charge in [-0.1, -0.05) is 13.2 Å². The predicted molar refractivity (Wildman–Crippen MR) is 120 cm³/mol. The summed E-state index contributed by atoms with van der Waals surface area (Å²) in [5, 5.41) is -14.8. The molecule has 1 saturated heterocycles. The Balaban J connectivity index is 1.68. The molecule has 6 aliphatic rings. The van der Waals surface area contributed by atoms with E-state index < -0.39 is 125 Å². The monoisotopic (exact) mass is 814 g/mol. The molecule has 4 bridgehead atoms. The van der Waals surface area contributed by atoms with Crippen LogP contribution in [0.1, 0.15) is 20.3 Å². The average Bonchev–Trinajstić information content (AvgIpc) is 3.33. The first-order chi connectivity index (χ1) is 21.6. The highest BCUT2D eigenvalue weighted by Crippen LogP contribution is 2.92. The van der Waals surface area contributed by atoms with E-state index in [4.69, 9.17) is 9.47 Å². The maximum Gasteiger partial charge on any atom is 0.460 e. The predicted octanol–water partition coefficient (Wildman–Crippen LogP) is 6.71. The normalized spacial score (nSPS) is 31.8. The molecular weight excluding hydrogens is 798 g/mol. The van der Waals surface area contributed by atoms with E-state index in [2.05, 4.69) is 21.5 Å². The Kier molecular flexibility index (Phi) is 8.07. The van der Waals surface area contributed by atoms with Gasteiger partial charge in [0.1, 0.15) is 11.5 Å². The van der Waals surface area contributed by atoms with E-state index in [1.54, 1.807) is 0 Å². The minimum atomic E-state index is -7.77. The summed E-state index contributed by atoms with van der Waals surface area (Å²) in [6.45, 7) is 8.06. The van der Waals surface area contributed by atoms with Gasteiger partial charge in [-0.25, -0.2) is 0 Å². The first-order valence-corrected chi connectivity index (χ1v) is 15.5. The summed E-state index contributed by atoms with van der Waals surface area (Å²) in [7, 11) is -15.3. The second kappa shape index (κ2) is 9.98. The van der Waals surface area contributed by atoms with Crippen molar-refractivity contribution in [2.45, 2.75) is 84.8 Å². The van der Waals surface area contributed by atoms with E-state index in [1.807, 2.05) is 0 Å². The van der Waals surface area contributed by atoms with Crippen LogP contribution < -0.4 is 0 Å². The molecule has 0 radical (unpaired) electrons. The summed E-state index contributed by atoms with van der Waals surface area (Å²) in [4.78, 5) is 0. The van der Waals surface area contributed by atoms with Crippen molar-refractivity contribution in [3.8, 4) is 0 Å². The van der Waals surface area contributed by atoms with Gasteiger partial charge in [0.15, 0.2) is 5.79 Å². The summed E-state index contributed by atoms with van der Waals surface area (Å²) in [6.07, 6.45) is -19.3. The molecule has 0 spiro atoms. The van der Waals surface area contributed by atoms with Crippen LogP contribution in [0.3, 0.4) is 0 Å². The first kappa shape index (κ1) is 40.4. The van der Waals surface area contributed by atoms with Gasteiger partial charge in [0, 0.05) is 22.7 Å². The topological polar surface area (TPSA) is 105 Å². The Bertz CT molecular complexity index is 1580. The van der Waals surface area contributed by atoms with Crippen molar-refractivity contribution < 1.29 is 114 Å². The van der Waals surface area contributed by atoms with Crippen molar-refractivity contribution in [2.75, 3.05) is 0 Å². The number of hydrogen-bond donors (Lipinski definition) is 0. The van der Waals surface area contributed by atoms with E-state index >= 15 is 0 Å². The second-order valence-electron chi connectivity index (χ2n) is 12.0. The van der Waals surface area contributed by atoms with Gasteiger partial charge in [0.05, 0.1) is 12.2 Å². The molecule has 0 aromatic rings. The maximum atomic E-state index is 14.3. The van der Waals surface area contributed by atoms with Crippen molar-refractivity contribution in [1.82, 2.24) is 0 Å². The minimum absolute atomic E-state index is 1.14. The molecule has 0 aromatic heterocycles. The summed E-state index contributed by atoms with van der Waals surface area (Å²) < 4.78 is 308. The van der Waals surface area contributed by atoms with Crippen LogP contribution in [0.4, 0.5) is 79.0 Å². The van der Waals surface area contributed by atoms with Gasteiger partial charge in [0.25, 0.3) is 0 Å². The second-order valence-corrected chi connectivity index (χ2v) is 15.2. The number of hydrogen-bond acceptors (Lipinski definition) is 8. The fourth-order valence-electron chi connectivity index (χ4n) is 6.83. The minimum Gasteiger partial charge on any atom is -0.383 e. The Morgan fingerprint density at radius 3 is 1.06 bits per heavy atom. The third kappa shape index (κ3) is 4.41. The lowest BCUT2D eigenvalue weighted by molar-refractivity contribution is -0.383. The molecule has 0 amide bonds. The number of allylic oxidation sites excluding steroid dienone is 2.